The topological polar surface area (TPSA) is 105 Å². The summed E-state index contributed by atoms with van der Waals surface area (Å²) in [6.45, 7) is 8.98. The van der Waals surface area contributed by atoms with Crippen molar-refractivity contribution in [1.29, 1.82) is 0 Å². The van der Waals surface area contributed by atoms with E-state index in [-0.39, 0.29) is 17.4 Å². The minimum absolute atomic E-state index is 0.185. The second kappa shape index (κ2) is 12.0. The van der Waals surface area contributed by atoms with Gasteiger partial charge in [-0.15, -0.1) is 0 Å². The van der Waals surface area contributed by atoms with Crippen molar-refractivity contribution in [2.24, 2.45) is 0 Å². The molecule has 0 fully saturated rings. The fraction of sp³-hybridized carbons (Fsp3) is 0.267. The predicted octanol–water partition coefficient (Wildman–Crippen LogP) is 4.27. The summed E-state index contributed by atoms with van der Waals surface area (Å²) in [7, 11) is 7.54. The van der Waals surface area contributed by atoms with E-state index in [1.54, 1.807) is 30.0 Å². The van der Waals surface area contributed by atoms with Crippen molar-refractivity contribution in [3.63, 3.8) is 0 Å². The van der Waals surface area contributed by atoms with Gasteiger partial charge in [-0.25, -0.2) is 4.98 Å². The number of aromatic nitrogens is 3. The first kappa shape index (κ1) is 28.3. The van der Waals surface area contributed by atoms with E-state index < -0.39 is 0 Å². The monoisotopic (exact) mass is 541 g/mol. The van der Waals surface area contributed by atoms with E-state index in [9.17, 15) is 9.59 Å². The van der Waals surface area contributed by atoms with Gasteiger partial charge in [-0.05, 0) is 57.8 Å². The van der Waals surface area contributed by atoms with Crippen LogP contribution in [-0.4, -0.2) is 66.7 Å². The lowest BCUT2D eigenvalue weighted by atomic mass is 10.1. The minimum atomic E-state index is -0.335. The molecule has 10 heteroatoms. The Labute approximate surface area is 233 Å². The van der Waals surface area contributed by atoms with E-state index in [1.165, 1.54) is 6.08 Å². The van der Waals surface area contributed by atoms with E-state index in [1.807, 2.05) is 70.2 Å². The lowest BCUT2D eigenvalue weighted by Crippen LogP contribution is -2.29. The number of amides is 1. The van der Waals surface area contributed by atoms with Crippen LogP contribution in [0.5, 0.6) is 5.75 Å². The Morgan fingerprint density at radius 1 is 1.07 bits per heavy atom. The van der Waals surface area contributed by atoms with Crippen molar-refractivity contribution < 1.29 is 9.53 Å². The zero-order valence-electron chi connectivity index (χ0n) is 23.8. The first-order chi connectivity index (χ1) is 19.1. The van der Waals surface area contributed by atoms with E-state index in [0.717, 1.165) is 35.3 Å². The lowest BCUT2D eigenvalue weighted by molar-refractivity contribution is -0.111. The fourth-order valence-electron chi connectivity index (χ4n) is 4.28. The third-order valence-corrected chi connectivity index (χ3v) is 6.56. The maximum atomic E-state index is 13.1. The molecule has 2 heterocycles. The second-order valence-corrected chi connectivity index (χ2v) is 9.88. The van der Waals surface area contributed by atoms with Crippen LogP contribution in [0.2, 0.25) is 0 Å². The van der Waals surface area contributed by atoms with Gasteiger partial charge in [0, 0.05) is 43.9 Å². The maximum absolute atomic E-state index is 13.1. The first-order valence-electron chi connectivity index (χ1n) is 12.9. The normalized spacial score (nSPS) is 11.0. The Morgan fingerprint density at radius 2 is 1.80 bits per heavy atom. The van der Waals surface area contributed by atoms with Gasteiger partial charge in [-0.2, -0.15) is 4.98 Å². The minimum Gasteiger partial charge on any atom is -0.494 e. The van der Waals surface area contributed by atoms with E-state index in [4.69, 9.17) is 9.72 Å². The summed E-state index contributed by atoms with van der Waals surface area (Å²) in [5.41, 5.74) is 4.77. The van der Waals surface area contributed by atoms with Gasteiger partial charge in [-0.1, -0.05) is 24.3 Å². The zero-order valence-corrected chi connectivity index (χ0v) is 23.8. The molecule has 208 valence electrons. The number of rotatable bonds is 10. The number of pyridine rings is 1. The number of likely N-dealkylation sites (N-methyl/N-ethyl adjacent to an activating group) is 2. The summed E-state index contributed by atoms with van der Waals surface area (Å²) in [6, 6.07) is 12.9. The van der Waals surface area contributed by atoms with Crippen LogP contribution in [0, 0.1) is 13.8 Å². The van der Waals surface area contributed by atoms with Crippen molar-refractivity contribution in [3.8, 4) is 11.4 Å². The van der Waals surface area contributed by atoms with Crippen LogP contribution in [0.3, 0.4) is 0 Å². The van der Waals surface area contributed by atoms with Crippen LogP contribution in [0.25, 0.3) is 16.7 Å². The molecule has 0 aliphatic carbocycles. The van der Waals surface area contributed by atoms with Crippen molar-refractivity contribution in [1.82, 2.24) is 19.4 Å². The average molecular weight is 542 g/mol. The first-order valence-corrected chi connectivity index (χ1v) is 12.9. The van der Waals surface area contributed by atoms with Crippen LogP contribution < -0.4 is 25.8 Å². The fourth-order valence-corrected chi connectivity index (χ4v) is 4.28. The number of benzene rings is 2. The van der Waals surface area contributed by atoms with Crippen molar-refractivity contribution in [2.45, 2.75) is 13.8 Å². The third kappa shape index (κ3) is 6.13. The molecule has 4 rings (SSSR count). The van der Waals surface area contributed by atoms with Crippen molar-refractivity contribution in [3.05, 3.63) is 82.8 Å². The Balaban J connectivity index is 1.81. The highest BCUT2D eigenvalue weighted by Crippen LogP contribution is 2.38. The molecule has 0 radical (unpaired) electrons. The Morgan fingerprint density at radius 3 is 2.45 bits per heavy atom. The summed E-state index contributed by atoms with van der Waals surface area (Å²) >= 11 is 0. The van der Waals surface area contributed by atoms with Gasteiger partial charge in [0.15, 0.2) is 5.65 Å². The molecule has 2 aromatic carbocycles. The summed E-state index contributed by atoms with van der Waals surface area (Å²) < 4.78 is 7.28. The van der Waals surface area contributed by atoms with Gasteiger partial charge in [0.1, 0.15) is 5.75 Å². The molecule has 0 aliphatic heterocycles. The molecule has 0 aliphatic rings. The van der Waals surface area contributed by atoms with Crippen LogP contribution in [0.1, 0.15) is 11.1 Å². The van der Waals surface area contributed by atoms with Crippen LogP contribution in [-0.2, 0) is 4.79 Å². The largest absolute Gasteiger partial charge is 0.494 e. The number of fused-ring (bicyclic) bond motifs is 1. The van der Waals surface area contributed by atoms with Gasteiger partial charge in [0.2, 0.25) is 11.9 Å². The Bertz CT molecular complexity index is 1610. The number of methoxy groups -OCH3 is 1. The van der Waals surface area contributed by atoms with Crippen LogP contribution >= 0.6 is 0 Å². The Kier molecular flexibility index (Phi) is 8.49. The van der Waals surface area contributed by atoms with Gasteiger partial charge in [0.25, 0.3) is 5.56 Å². The van der Waals surface area contributed by atoms with E-state index >= 15 is 0 Å². The highest BCUT2D eigenvalue weighted by atomic mass is 16.5. The van der Waals surface area contributed by atoms with Gasteiger partial charge >= 0.3 is 0 Å². The smallest absolute Gasteiger partial charge is 0.257 e. The second-order valence-electron chi connectivity index (χ2n) is 9.88. The highest BCUT2D eigenvalue weighted by molar-refractivity contribution is 6.02. The molecule has 0 spiro atoms. The molecule has 0 atom stereocenters. The quantitative estimate of drug-likeness (QED) is 0.287. The number of hydrogen-bond acceptors (Lipinski definition) is 8. The molecule has 40 heavy (non-hydrogen) atoms. The number of anilines is 4. The predicted molar refractivity (Wildman–Crippen MR) is 162 cm³/mol. The molecule has 2 N–H and O–H groups in total. The van der Waals surface area contributed by atoms with Crippen molar-refractivity contribution in [2.75, 3.05) is 56.9 Å². The Hall–Kier alpha value is -4.70. The zero-order chi connectivity index (χ0) is 29.0. The molecule has 10 nitrogen and oxygen atoms in total. The number of aryl methyl sites for hydroxylation is 2. The molecule has 0 unspecified atom stereocenters. The number of carbonyl (C=O) groups excluding carboxylic acids is 1. The number of hydrogen-bond donors (Lipinski definition) is 2. The van der Waals surface area contributed by atoms with Crippen molar-refractivity contribution >= 4 is 40.0 Å². The maximum Gasteiger partial charge on any atom is 0.257 e. The summed E-state index contributed by atoms with van der Waals surface area (Å²) in [4.78, 5) is 38.8. The van der Waals surface area contributed by atoms with Gasteiger partial charge in [-0.3, -0.25) is 14.2 Å². The molecular weight excluding hydrogens is 506 g/mol. The summed E-state index contributed by atoms with van der Waals surface area (Å²) in [5, 5.41) is 6.87. The standard InChI is InChI=1S/C30H35N7O3/c1-8-27(38)32-23-16-24(26(40-7)17-25(23)36(6)14-13-35(4)5)33-30-31-18-22-20(3)15-28(39)37(29(22)34-30)21-11-9-19(2)10-12-21/h8-12,15-18H,1,13-14H2,2-7H3,(H,32,38)(H,31,33,34). The molecule has 0 bridgehead atoms. The lowest BCUT2D eigenvalue weighted by Gasteiger charge is -2.26. The third-order valence-electron chi connectivity index (χ3n) is 6.56. The highest BCUT2D eigenvalue weighted by Gasteiger charge is 2.18. The molecule has 2 aromatic heterocycles. The number of ether oxygens (including phenoxy) is 1. The summed E-state index contributed by atoms with van der Waals surface area (Å²) in [5.74, 6) is 0.469. The molecule has 4 aromatic rings. The molecule has 0 saturated heterocycles. The van der Waals surface area contributed by atoms with Crippen LogP contribution in [0.4, 0.5) is 23.0 Å². The average Bonchev–Trinajstić information content (AvgIpc) is 2.92. The van der Waals surface area contributed by atoms with Gasteiger partial charge in [0.05, 0.1) is 29.9 Å². The van der Waals surface area contributed by atoms with E-state index in [2.05, 4.69) is 27.1 Å². The number of nitrogens with zero attached hydrogens (tertiary/aromatic N) is 5. The number of nitrogens with one attached hydrogen (secondary N) is 2. The molecular formula is C30H35N7O3. The van der Waals surface area contributed by atoms with Crippen LogP contribution in [0.15, 0.2) is 66.1 Å². The van der Waals surface area contributed by atoms with Gasteiger partial charge < -0.3 is 25.2 Å². The molecule has 0 saturated carbocycles. The summed E-state index contributed by atoms with van der Waals surface area (Å²) in [6.07, 6.45) is 2.92. The SMILES string of the molecule is C=CC(=O)Nc1cc(Nc2ncc3c(C)cc(=O)n(-c4ccc(C)cc4)c3n2)c(OC)cc1N(C)CCN(C)C. The van der Waals surface area contributed by atoms with E-state index in [0.29, 0.717) is 28.5 Å². The number of carbonyl (C=O) groups is 1. The molecule has 1 amide bonds.